The Hall–Kier alpha value is -1.30. The van der Waals surface area contributed by atoms with Gasteiger partial charge in [-0.1, -0.05) is 0 Å². The monoisotopic (exact) mass is 262 g/mol. The van der Waals surface area contributed by atoms with E-state index < -0.39 is 28.4 Å². The van der Waals surface area contributed by atoms with E-state index in [4.69, 9.17) is 5.11 Å². The minimum atomic E-state index is -1.55. The minimum Gasteiger partial charge on any atom is -0.481 e. The summed E-state index contributed by atoms with van der Waals surface area (Å²) < 4.78 is 37.4. The summed E-state index contributed by atoms with van der Waals surface area (Å²) in [5.41, 5.74) is 0. The fourth-order valence-electron chi connectivity index (χ4n) is 1.28. The van der Waals surface area contributed by atoms with Crippen molar-refractivity contribution in [3.8, 4) is 0 Å². The number of carbonyl (C=O) groups is 1. The van der Waals surface area contributed by atoms with Crippen LogP contribution in [0, 0.1) is 11.6 Å². The van der Waals surface area contributed by atoms with E-state index in [0.717, 1.165) is 12.1 Å². The van der Waals surface area contributed by atoms with Crippen molar-refractivity contribution in [3.63, 3.8) is 0 Å². The first-order chi connectivity index (χ1) is 8.00. The summed E-state index contributed by atoms with van der Waals surface area (Å²) in [6.45, 7) is 0. The maximum absolute atomic E-state index is 13.2. The highest BCUT2D eigenvalue weighted by Gasteiger charge is 2.10. The molecule has 0 heterocycles. The predicted octanol–water partition coefficient (Wildman–Crippen LogP) is 2.33. The molecule has 17 heavy (non-hydrogen) atoms. The van der Waals surface area contributed by atoms with E-state index in [-0.39, 0.29) is 17.1 Å². The fourth-order valence-corrected chi connectivity index (χ4v) is 2.46. The van der Waals surface area contributed by atoms with E-state index in [2.05, 4.69) is 0 Å². The Bertz CT molecular complexity index is 435. The van der Waals surface area contributed by atoms with Crippen molar-refractivity contribution in [1.29, 1.82) is 0 Å². The van der Waals surface area contributed by atoms with Crippen molar-refractivity contribution in [2.45, 2.75) is 24.2 Å². The number of hydrogen-bond acceptors (Lipinski definition) is 2. The summed E-state index contributed by atoms with van der Waals surface area (Å²) in [7, 11) is -1.55. The quantitative estimate of drug-likeness (QED) is 0.800. The second kappa shape index (κ2) is 6.44. The molecule has 1 aromatic rings. The summed E-state index contributed by atoms with van der Waals surface area (Å²) >= 11 is 0. The number of aliphatic carboxylic acids is 1. The third-order valence-electron chi connectivity index (χ3n) is 2.11. The van der Waals surface area contributed by atoms with Crippen LogP contribution in [-0.2, 0) is 15.6 Å². The first-order valence-electron chi connectivity index (χ1n) is 5.06. The standard InChI is InChI=1S/C11H12F2O3S/c12-8-4-5-10(9(13)7-8)17(16)6-2-1-3-11(14)15/h4-5,7H,1-3,6H2,(H,14,15). The molecule has 1 N–H and O–H groups in total. The number of carboxylic acid groups (broad SMARTS) is 1. The van der Waals surface area contributed by atoms with Crippen LogP contribution >= 0.6 is 0 Å². The number of rotatable bonds is 6. The van der Waals surface area contributed by atoms with Gasteiger partial charge >= 0.3 is 5.97 Å². The van der Waals surface area contributed by atoms with Crippen LogP contribution in [0.5, 0.6) is 0 Å². The zero-order valence-electron chi connectivity index (χ0n) is 8.99. The molecule has 0 spiro atoms. The molecular weight excluding hydrogens is 250 g/mol. The Balaban J connectivity index is 2.50. The molecule has 0 fully saturated rings. The van der Waals surface area contributed by atoms with Gasteiger partial charge in [0.2, 0.25) is 0 Å². The van der Waals surface area contributed by atoms with Crippen molar-refractivity contribution in [2.24, 2.45) is 0 Å². The summed E-state index contributed by atoms with van der Waals surface area (Å²) in [6, 6.07) is 2.88. The van der Waals surface area contributed by atoms with Gasteiger partial charge in [-0.3, -0.25) is 9.00 Å². The molecule has 0 radical (unpaired) electrons. The lowest BCUT2D eigenvalue weighted by Gasteiger charge is -2.03. The van der Waals surface area contributed by atoms with Crippen LogP contribution in [0.2, 0.25) is 0 Å². The van der Waals surface area contributed by atoms with E-state index in [1.165, 1.54) is 0 Å². The van der Waals surface area contributed by atoms with Gasteiger partial charge in [-0.25, -0.2) is 8.78 Å². The summed E-state index contributed by atoms with van der Waals surface area (Å²) in [5, 5.41) is 8.39. The van der Waals surface area contributed by atoms with Crippen molar-refractivity contribution >= 4 is 16.8 Å². The summed E-state index contributed by atoms with van der Waals surface area (Å²) in [5.74, 6) is -2.28. The lowest BCUT2D eigenvalue weighted by molar-refractivity contribution is -0.137. The highest BCUT2D eigenvalue weighted by atomic mass is 32.2. The van der Waals surface area contributed by atoms with Gasteiger partial charge in [0.25, 0.3) is 0 Å². The molecule has 1 rings (SSSR count). The lowest BCUT2D eigenvalue weighted by Crippen LogP contribution is -2.03. The number of unbranched alkanes of at least 4 members (excludes halogenated alkanes) is 1. The van der Waals surface area contributed by atoms with E-state index in [9.17, 15) is 17.8 Å². The molecule has 0 saturated carbocycles. The van der Waals surface area contributed by atoms with Crippen LogP contribution in [0.4, 0.5) is 8.78 Å². The maximum Gasteiger partial charge on any atom is 0.303 e. The van der Waals surface area contributed by atoms with Gasteiger partial charge in [0.15, 0.2) is 0 Å². The molecule has 0 aliphatic heterocycles. The van der Waals surface area contributed by atoms with E-state index in [1.54, 1.807) is 0 Å². The van der Waals surface area contributed by atoms with Crippen molar-refractivity contribution in [2.75, 3.05) is 5.75 Å². The third kappa shape index (κ3) is 4.60. The minimum absolute atomic E-state index is 0.00308. The SMILES string of the molecule is O=C(O)CCCCS(=O)c1ccc(F)cc1F. The highest BCUT2D eigenvalue weighted by Crippen LogP contribution is 2.15. The van der Waals surface area contributed by atoms with Crippen LogP contribution in [0.15, 0.2) is 23.1 Å². The Morgan fingerprint density at radius 1 is 1.29 bits per heavy atom. The molecule has 0 aliphatic carbocycles. The first kappa shape index (κ1) is 13.8. The van der Waals surface area contributed by atoms with Gasteiger partial charge in [-0.2, -0.15) is 0 Å². The number of carboxylic acids is 1. The Kier molecular flexibility index (Phi) is 5.21. The van der Waals surface area contributed by atoms with E-state index in [0.29, 0.717) is 18.9 Å². The molecular formula is C11H12F2O3S. The molecule has 94 valence electrons. The molecule has 0 aromatic heterocycles. The second-order valence-corrected chi connectivity index (χ2v) is 5.01. The number of halogens is 2. The van der Waals surface area contributed by atoms with Gasteiger partial charge in [0, 0.05) is 18.2 Å². The van der Waals surface area contributed by atoms with Crippen LogP contribution in [0.1, 0.15) is 19.3 Å². The zero-order valence-corrected chi connectivity index (χ0v) is 9.80. The van der Waals surface area contributed by atoms with Crippen LogP contribution in [0.25, 0.3) is 0 Å². The average Bonchev–Trinajstić information content (AvgIpc) is 2.23. The Labute approximate surface area is 99.9 Å². The molecule has 0 aliphatic rings. The second-order valence-electron chi connectivity index (χ2n) is 3.48. The Morgan fingerprint density at radius 3 is 2.59 bits per heavy atom. The van der Waals surface area contributed by atoms with Crippen molar-refractivity contribution in [1.82, 2.24) is 0 Å². The summed E-state index contributed by atoms with van der Waals surface area (Å²) in [6.07, 6.45) is 0.822. The van der Waals surface area contributed by atoms with Crippen LogP contribution < -0.4 is 0 Å². The zero-order chi connectivity index (χ0) is 12.8. The molecule has 1 atom stereocenters. The smallest absolute Gasteiger partial charge is 0.303 e. The number of hydrogen-bond donors (Lipinski definition) is 1. The van der Waals surface area contributed by atoms with Gasteiger partial charge < -0.3 is 5.11 Å². The molecule has 6 heteroatoms. The van der Waals surface area contributed by atoms with E-state index >= 15 is 0 Å². The lowest BCUT2D eigenvalue weighted by atomic mass is 10.2. The largest absolute Gasteiger partial charge is 0.481 e. The third-order valence-corrected chi connectivity index (χ3v) is 3.59. The van der Waals surface area contributed by atoms with E-state index in [1.807, 2.05) is 0 Å². The fraction of sp³-hybridized carbons (Fsp3) is 0.364. The maximum atomic E-state index is 13.2. The van der Waals surface area contributed by atoms with Gasteiger partial charge in [0.1, 0.15) is 11.6 Å². The van der Waals surface area contributed by atoms with Crippen LogP contribution in [0.3, 0.4) is 0 Å². The molecule has 0 amide bonds. The van der Waals surface area contributed by atoms with Gasteiger partial charge in [-0.15, -0.1) is 0 Å². The molecule has 0 bridgehead atoms. The van der Waals surface area contributed by atoms with Crippen molar-refractivity contribution in [3.05, 3.63) is 29.8 Å². The Morgan fingerprint density at radius 2 is 2.00 bits per heavy atom. The topological polar surface area (TPSA) is 54.4 Å². The average molecular weight is 262 g/mol. The summed E-state index contributed by atoms with van der Waals surface area (Å²) in [4.78, 5) is 10.2. The molecule has 0 saturated heterocycles. The van der Waals surface area contributed by atoms with Crippen LogP contribution in [-0.4, -0.2) is 21.0 Å². The number of benzene rings is 1. The predicted molar refractivity (Wildman–Crippen MR) is 59.1 cm³/mol. The molecule has 3 nitrogen and oxygen atoms in total. The van der Waals surface area contributed by atoms with Gasteiger partial charge in [0.05, 0.1) is 15.7 Å². The molecule has 1 aromatic carbocycles. The van der Waals surface area contributed by atoms with Gasteiger partial charge in [-0.05, 0) is 25.0 Å². The molecule has 1 unspecified atom stereocenters. The normalized spacial score (nSPS) is 12.4. The highest BCUT2D eigenvalue weighted by molar-refractivity contribution is 7.85. The van der Waals surface area contributed by atoms with Crippen molar-refractivity contribution < 1.29 is 22.9 Å². The first-order valence-corrected chi connectivity index (χ1v) is 6.38.